The van der Waals surface area contributed by atoms with Crippen LogP contribution >= 0.6 is 0 Å². The molecule has 1 aliphatic heterocycles. The van der Waals surface area contributed by atoms with Crippen molar-refractivity contribution in [2.75, 3.05) is 25.0 Å². The largest absolute Gasteiger partial charge is 0.495 e. The van der Waals surface area contributed by atoms with E-state index >= 15 is 0 Å². The third-order valence-corrected chi connectivity index (χ3v) is 6.62. The van der Waals surface area contributed by atoms with Crippen molar-refractivity contribution in [3.8, 4) is 5.75 Å². The van der Waals surface area contributed by atoms with E-state index in [2.05, 4.69) is 9.82 Å². The van der Waals surface area contributed by atoms with Gasteiger partial charge in [-0.25, -0.2) is 18.2 Å². The summed E-state index contributed by atoms with van der Waals surface area (Å²) in [6.45, 7) is -0.121. The van der Waals surface area contributed by atoms with Gasteiger partial charge in [-0.1, -0.05) is 48.5 Å². The second-order valence-electron chi connectivity index (χ2n) is 7.59. The summed E-state index contributed by atoms with van der Waals surface area (Å²) < 4.78 is 38.4. The molecule has 0 atom stereocenters. The summed E-state index contributed by atoms with van der Waals surface area (Å²) in [5, 5.41) is 5.59. The molecule has 1 N–H and O–H groups in total. The molecular weight excluding hydrogens is 470 g/mol. The van der Waals surface area contributed by atoms with E-state index in [1.54, 1.807) is 24.3 Å². The number of sulfonamides is 1. The van der Waals surface area contributed by atoms with Gasteiger partial charge in [0.15, 0.2) is 6.61 Å². The van der Waals surface area contributed by atoms with Crippen LogP contribution in [0.5, 0.6) is 5.75 Å². The number of methoxy groups -OCH3 is 1. The lowest BCUT2D eigenvalue weighted by molar-refractivity contribution is -0.134. The Morgan fingerprint density at radius 1 is 1.00 bits per heavy atom. The third-order valence-electron chi connectivity index (χ3n) is 5.25. The van der Waals surface area contributed by atoms with E-state index in [-0.39, 0.29) is 16.1 Å². The van der Waals surface area contributed by atoms with Gasteiger partial charge in [0.25, 0.3) is 15.9 Å². The molecule has 35 heavy (non-hydrogen) atoms. The van der Waals surface area contributed by atoms with Gasteiger partial charge in [-0.3, -0.25) is 9.52 Å². The first kappa shape index (κ1) is 24.0. The number of benzene rings is 3. The van der Waals surface area contributed by atoms with Crippen LogP contribution < -0.4 is 9.46 Å². The van der Waals surface area contributed by atoms with Gasteiger partial charge < -0.3 is 9.47 Å². The van der Waals surface area contributed by atoms with E-state index in [0.29, 0.717) is 18.7 Å². The van der Waals surface area contributed by atoms with Gasteiger partial charge in [-0.2, -0.15) is 5.10 Å². The maximum atomic E-state index is 12.8. The van der Waals surface area contributed by atoms with Crippen molar-refractivity contribution in [1.82, 2.24) is 5.01 Å². The number of carbonyl (C=O) groups is 2. The smallest absolute Gasteiger partial charge is 0.338 e. The Kier molecular flexibility index (Phi) is 7.11. The van der Waals surface area contributed by atoms with E-state index in [9.17, 15) is 18.0 Å². The normalized spacial score (nSPS) is 13.2. The minimum atomic E-state index is -4.01. The Labute approximate surface area is 203 Å². The van der Waals surface area contributed by atoms with Crippen molar-refractivity contribution >= 4 is 33.3 Å². The molecule has 1 heterocycles. The first-order valence-corrected chi connectivity index (χ1v) is 12.2. The molecule has 4 rings (SSSR count). The van der Waals surface area contributed by atoms with Crippen molar-refractivity contribution in [1.29, 1.82) is 0 Å². The fraction of sp³-hybridized carbons (Fsp3) is 0.160. The number of nitrogens with zero attached hydrogens (tertiary/aromatic N) is 2. The molecule has 0 saturated carbocycles. The van der Waals surface area contributed by atoms with Crippen LogP contribution in [0.1, 0.15) is 22.3 Å². The number of hydrogen-bond acceptors (Lipinski definition) is 7. The molecule has 0 unspecified atom stereocenters. The lowest BCUT2D eigenvalue weighted by Crippen LogP contribution is -2.28. The van der Waals surface area contributed by atoms with Gasteiger partial charge >= 0.3 is 5.97 Å². The minimum absolute atomic E-state index is 0.00407. The fourth-order valence-electron chi connectivity index (χ4n) is 3.48. The van der Waals surface area contributed by atoms with Gasteiger partial charge in [0.2, 0.25) is 0 Å². The lowest BCUT2D eigenvalue weighted by atomic mass is 10.1. The number of hydrazone groups is 1. The summed E-state index contributed by atoms with van der Waals surface area (Å²) >= 11 is 0. The molecule has 0 saturated heterocycles. The van der Waals surface area contributed by atoms with Crippen LogP contribution in [0.3, 0.4) is 0 Å². The standard InChI is InChI=1S/C25H23N3O6S/c1-33-23-13-6-5-12-22(23)27-35(31,32)20-11-7-10-19(16-20)25(30)34-17-24(29)28-15-14-21(26-28)18-8-3-2-4-9-18/h2-13,16,27H,14-15,17H2,1H3. The highest BCUT2D eigenvalue weighted by molar-refractivity contribution is 7.92. The Hall–Kier alpha value is -4.18. The molecule has 180 valence electrons. The van der Waals surface area contributed by atoms with E-state index in [1.807, 2.05) is 30.3 Å². The zero-order valence-electron chi connectivity index (χ0n) is 18.9. The molecule has 0 bridgehead atoms. The van der Waals surface area contributed by atoms with Crippen LogP contribution in [0.25, 0.3) is 0 Å². The molecule has 1 amide bonds. The van der Waals surface area contributed by atoms with Crippen LogP contribution in [-0.2, 0) is 19.6 Å². The summed E-state index contributed by atoms with van der Waals surface area (Å²) in [6.07, 6.45) is 0.600. The number of anilines is 1. The molecule has 0 spiro atoms. The number of carbonyl (C=O) groups excluding carboxylic acids is 2. The summed E-state index contributed by atoms with van der Waals surface area (Å²) in [4.78, 5) is 24.9. The second-order valence-corrected chi connectivity index (χ2v) is 9.27. The van der Waals surface area contributed by atoms with E-state index in [1.165, 1.54) is 36.4 Å². The van der Waals surface area contributed by atoms with Crippen molar-refractivity contribution < 1.29 is 27.5 Å². The SMILES string of the molecule is COc1ccccc1NS(=O)(=O)c1cccc(C(=O)OCC(=O)N2CCC(c3ccccc3)=N2)c1. The van der Waals surface area contributed by atoms with E-state index < -0.39 is 28.5 Å². The van der Waals surface area contributed by atoms with Crippen molar-refractivity contribution in [3.05, 3.63) is 90.0 Å². The van der Waals surface area contributed by atoms with Crippen LogP contribution in [0.15, 0.2) is 88.9 Å². The second kappa shape index (κ2) is 10.4. The Bertz CT molecular complexity index is 1370. The maximum absolute atomic E-state index is 12.8. The average Bonchev–Trinajstić information content (AvgIpc) is 3.38. The summed E-state index contributed by atoms with van der Waals surface area (Å²) in [5.41, 5.74) is 1.97. The zero-order valence-corrected chi connectivity index (χ0v) is 19.7. The molecule has 0 aliphatic carbocycles. The number of esters is 1. The molecule has 1 aliphatic rings. The highest BCUT2D eigenvalue weighted by atomic mass is 32.2. The first-order chi connectivity index (χ1) is 16.9. The first-order valence-electron chi connectivity index (χ1n) is 10.7. The molecule has 0 fully saturated rings. The molecule has 0 radical (unpaired) electrons. The molecule has 10 heteroatoms. The average molecular weight is 494 g/mol. The number of para-hydroxylation sites is 2. The summed E-state index contributed by atoms with van der Waals surface area (Å²) in [7, 11) is -2.58. The Morgan fingerprint density at radius 2 is 1.74 bits per heavy atom. The zero-order chi connectivity index (χ0) is 24.8. The third kappa shape index (κ3) is 5.67. The lowest BCUT2D eigenvalue weighted by Gasteiger charge is -2.13. The predicted octanol–water partition coefficient (Wildman–Crippen LogP) is 3.29. The Morgan fingerprint density at radius 3 is 2.51 bits per heavy atom. The number of rotatable bonds is 8. The topological polar surface area (TPSA) is 114 Å². The van der Waals surface area contributed by atoms with Crippen LogP contribution in [0, 0.1) is 0 Å². The molecule has 3 aromatic carbocycles. The summed E-state index contributed by atoms with van der Waals surface area (Å²) in [5.74, 6) is -0.935. The van der Waals surface area contributed by atoms with Crippen LogP contribution in [0.4, 0.5) is 5.69 Å². The summed E-state index contributed by atoms with van der Waals surface area (Å²) in [6, 6.07) is 21.4. The van der Waals surface area contributed by atoms with Gasteiger partial charge in [0, 0.05) is 6.42 Å². The van der Waals surface area contributed by atoms with Gasteiger partial charge in [-0.05, 0) is 35.9 Å². The number of nitrogens with one attached hydrogen (secondary N) is 1. The van der Waals surface area contributed by atoms with Crippen molar-refractivity contribution in [2.45, 2.75) is 11.3 Å². The van der Waals surface area contributed by atoms with Crippen molar-refractivity contribution in [2.24, 2.45) is 5.10 Å². The molecule has 9 nitrogen and oxygen atoms in total. The monoisotopic (exact) mass is 493 g/mol. The van der Waals surface area contributed by atoms with Gasteiger partial charge in [-0.15, -0.1) is 0 Å². The predicted molar refractivity (Wildman–Crippen MR) is 130 cm³/mol. The molecule has 3 aromatic rings. The van der Waals surface area contributed by atoms with Gasteiger partial charge in [0.05, 0.1) is 35.5 Å². The van der Waals surface area contributed by atoms with Gasteiger partial charge in [0.1, 0.15) is 5.75 Å². The van der Waals surface area contributed by atoms with E-state index in [0.717, 1.165) is 11.3 Å². The number of ether oxygens (including phenoxy) is 2. The van der Waals surface area contributed by atoms with Crippen LogP contribution in [-0.4, -0.2) is 51.3 Å². The van der Waals surface area contributed by atoms with Crippen molar-refractivity contribution in [3.63, 3.8) is 0 Å². The maximum Gasteiger partial charge on any atom is 0.338 e. The minimum Gasteiger partial charge on any atom is -0.495 e. The fourth-order valence-corrected chi connectivity index (χ4v) is 4.59. The highest BCUT2D eigenvalue weighted by Crippen LogP contribution is 2.26. The quantitative estimate of drug-likeness (QED) is 0.482. The Balaban J connectivity index is 1.40. The highest BCUT2D eigenvalue weighted by Gasteiger charge is 2.23. The van der Waals surface area contributed by atoms with E-state index in [4.69, 9.17) is 9.47 Å². The molecule has 0 aromatic heterocycles. The number of amides is 1. The number of hydrogen-bond donors (Lipinski definition) is 1. The molecular formula is C25H23N3O6S. The van der Waals surface area contributed by atoms with Crippen LogP contribution in [0.2, 0.25) is 0 Å².